The van der Waals surface area contributed by atoms with E-state index in [1.54, 1.807) is 19.2 Å². The van der Waals surface area contributed by atoms with Gasteiger partial charge in [0.1, 0.15) is 9.63 Å². The van der Waals surface area contributed by atoms with Crippen molar-refractivity contribution in [3.05, 3.63) is 40.5 Å². The molecule has 6 nitrogen and oxygen atoms in total. The number of urea groups is 1. The minimum Gasteiger partial charge on any atom is -0.385 e. The number of halogens is 4. The number of aromatic nitrogens is 1. The van der Waals surface area contributed by atoms with Gasteiger partial charge in [-0.15, -0.1) is 4.47 Å². The Morgan fingerprint density at radius 2 is 1.94 bits per heavy atom. The molecule has 0 unspecified atom stereocenters. The second kappa shape index (κ2) is 12.6. The van der Waals surface area contributed by atoms with Gasteiger partial charge in [0.2, 0.25) is 0 Å². The van der Waals surface area contributed by atoms with Crippen LogP contribution in [0.4, 0.5) is 29.3 Å². The van der Waals surface area contributed by atoms with E-state index in [9.17, 15) is 18.0 Å². The van der Waals surface area contributed by atoms with Crippen LogP contribution in [0.25, 0.3) is 0 Å². The van der Waals surface area contributed by atoms with Crippen LogP contribution < -0.4 is 10.6 Å². The Hall–Kier alpha value is -1.63. The monoisotopic (exact) mass is 552 g/mol. The van der Waals surface area contributed by atoms with Crippen molar-refractivity contribution in [2.24, 2.45) is 0 Å². The van der Waals surface area contributed by atoms with Gasteiger partial charge in [-0.25, -0.2) is 9.78 Å². The molecule has 0 bridgehead atoms. The lowest BCUT2D eigenvalue weighted by Crippen LogP contribution is -2.29. The maximum atomic E-state index is 13.5. The number of rotatable bonds is 10. The normalized spacial score (nSPS) is 11.3. The first-order chi connectivity index (χ1) is 15.2. The number of hydroxylamine groups is 1. The number of carbonyl (C=O) groups excluding carboxylic acids is 1. The zero-order valence-electron chi connectivity index (χ0n) is 17.8. The van der Waals surface area contributed by atoms with E-state index >= 15 is 0 Å². The summed E-state index contributed by atoms with van der Waals surface area (Å²) in [5.41, 5.74) is -0.0563. The Labute approximate surface area is 202 Å². The highest BCUT2D eigenvalue weighted by Crippen LogP contribution is 2.37. The molecule has 0 saturated carbocycles. The van der Waals surface area contributed by atoms with E-state index in [-0.39, 0.29) is 17.2 Å². The van der Waals surface area contributed by atoms with Crippen molar-refractivity contribution in [3.8, 4) is 0 Å². The first-order valence-corrected chi connectivity index (χ1v) is 12.5. The molecular formula is C20H24BrF3N4O2S2. The van der Waals surface area contributed by atoms with Gasteiger partial charge in [0.15, 0.2) is 0 Å². The summed E-state index contributed by atoms with van der Waals surface area (Å²) < 4.78 is 42.0. The van der Waals surface area contributed by atoms with Crippen molar-refractivity contribution in [2.45, 2.75) is 42.8 Å². The average molecular weight is 553 g/mol. The van der Waals surface area contributed by atoms with Crippen LogP contribution >= 0.6 is 39.6 Å². The van der Waals surface area contributed by atoms with E-state index in [0.29, 0.717) is 9.63 Å². The van der Waals surface area contributed by atoms with E-state index in [4.69, 9.17) is 4.84 Å². The molecule has 1 aromatic heterocycles. The number of hydrogen-bond donors (Lipinski definition) is 2. The molecule has 2 aromatic rings. The van der Waals surface area contributed by atoms with E-state index in [1.807, 2.05) is 6.07 Å². The van der Waals surface area contributed by atoms with Gasteiger partial charge < -0.3 is 10.6 Å². The molecule has 1 aromatic carbocycles. The molecule has 0 saturated heterocycles. The maximum absolute atomic E-state index is 13.5. The SMILES string of the molecule is CCCCNc1cc(Br)nc(Sc2cc(NC(=O)N(OCC)SC)cc(C(F)(F)F)c2)c1. The Morgan fingerprint density at radius 1 is 1.19 bits per heavy atom. The van der Waals surface area contributed by atoms with Crippen LogP contribution in [0.5, 0.6) is 0 Å². The third kappa shape index (κ3) is 8.38. The number of anilines is 2. The Balaban J connectivity index is 2.31. The predicted molar refractivity (Wildman–Crippen MR) is 127 cm³/mol. The third-order valence-corrected chi connectivity index (χ3v) is 5.81. The van der Waals surface area contributed by atoms with Crippen LogP contribution in [0.1, 0.15) is 32.3 Å². The topological polar surface area (TPSA) is 66.5 Å². The van der Waals surface area contributed by atoms with Crippen LogP contribution in [0.2, 0.25) is 0 Å². The number of hydrogen-bond acceptors (Lipinski definition) is 6. The fourth-order valence-corrected chi connectivity index (χ4v) is 4.45. The molecular weight excluding hydrogens is 529 g/mol. The number of benzene rings is 1. The second-order valence-corrected chi connectivity index (χ2v) is 9.03. The summed E-state index contributed by atoms with van der Waals surface area (Å²) in [5, 5.41) is 6.24. The molecule has 0 fully saturated rings. The molecule has 2 amide bonds. The molecule has 0 aliphatic carbocycles. The van der Waals surface area contributed by atoms with Crippen molar-refractivity contribution >= 4 is 57.0 Å². The highest BCUT2D eigenvalue weighted by molar-refractivity contribution is 9.10. The number of carbonyl (C=O) groups is 1. The maximum Gasteiger partial charge on any atom is 0.416 e. The van der Waals surface area contributed by atoms with E-state index < -0.39 is 17.8 Å². The third-order valence-electron chi connectivity index (χ3n) is 3.92. The predicted octanol–water partition coefficient (Wildman–Crippen LogP) is 7.29. The molecule has 0 aliphatic heterocycles. The average Bonchev–Trinajstić information content (AvgIpc) is 2.71. The summed E-state index contributed by atoms with van der Waals surface area (Å²) in [6.45, 7) is 4.80. The minimum atomic E-state index is -4.58. The smallest absolute Gasteiger partial charge is 0.385 e. The number of nitrogens with zero attached hydrogens (tertiary/aromatic N) is 2. The lowest BCUT2D eigenvalue weighted by molar-refractivity contribution is -0.137. The zero-order chi connectivity index (χ0) is 23.7. The van der Waals surface area contributed by atoms with Crippen LogP contribution in [-0.4, -0.2) is 34.9 Å². The Morgan fingerprint density at radius 3 is 2.56 bits per heavy atom. The molecule has 176 valence electrons. The van der Waals surface area contributed by atoms with Crippen molar-refractivity contribution in [1.29, 1.82) is 0 Å². The highest BCUT2D eigenvalue weighted by atomic mass is 79.9. The van der Waals surface area contributed by atoms with E-state index in [1.165, 1.54) is 6.07 Å². The number of unbranched alkanes of at least 4 members (excludes halogenated alkanes) is 1. The Bertz CT molecular complexity index is 919. The van der Waals surface area contributed by atoms with Crippen molar-refractivity contribution in [2.75, 3.05) is 30.0 Å². The summed E-state index contributed by atoms with van der Waals surface area (Å²) in [6, 6.07) is 6.28. The first-order valence-electron chi connectivity index (χ1n) is 9.76. The summed E-state index contributed by atoms with van der Waals surface area (Å²) in [4.78, 5) is 22.1. The quantitative estimate of drug-likeness (QED) is 0.139. The number of pyridine rings is 1. The summed E-state index contributed by atoms with van der Waals surface area (Å²) in [7, 11) is 0. The fraction of sp³-hybridized carbons (Fsp3) is 0.400. The van der Waals surface area contributed by atoms with Crippen LogP contribution in [0.3, 0.4) is 0 Å². The second-order valence-electron chi connectivity index (χ2n) is 6.43. The van der Waals surface area contributed by atoms with Gasteiger partial charge in [0, 0.05) is 29.1 Å². The zero-order valence-corrected chi connectivity index (χ0v) is 21.0. The van der Waals surface area contributed by atoms with Gasteiger partial charge in [-0.3, -0.25) is 4.84 Å². The molecule has 2 N–H and O–H groups in total. The lowest BCUT2D eigenvalue weighted by Gasteiger charge is -2.19. The fourth-order valence-electron chi connectivity index (χ4n) is 2.53. The summed E-state index contributed by atoms with van der Waals surface area (Å²) in [5.74, 6) is 0. The van der Waals surface area contributed by atoms with Gasteiger partial charge >= 0.3 is 12.2 Å². The van der Waals surface area contributed by atoms with Crippen molar-refractivity contribution < 1.29 is 22.8 Å². The molecule has 32 heavy (non-hydrogen) atoms. The van der Waals surface area contributed by atoms with Crippen molar-refractivity contribution in [1.82, 2.24) is 9.45 Å². The number of nitrogens with one attached hydrogen (secondary N) is 2. The molecule has 0 radical (unpaired) electrons. The van der Waals surface area contributed by atoms with Crippen LogP contribution in [-0.2, 0) is 11.0 Å². The van der Waals surface area contributed by atoms with Crippen molar-refractivity contribution in [3.63, 3.8) is 0 Å². The highest BCUT2D eigenvalue weighted by Gasteiger charge is 2.31. The first kappa shape index (κ1) is 26.6. The van der Waals surface area contributed by atoms with E-state index in [0.717, 1.165) is 65.4 Å². The molecule has 0 spiro atoms. The molecule has 1 heterocycles. The van der Waals surface area contributed by atoms with Gasteiger partial charge in [-0.1, -0.05) is 25.1 Å². The molecule has 12 heteroatoms. The summed E-state index contributed by atoms with van der Waals surface area (Å²) in [6.07, 6.45) is -0.925. The molecule has 0 aliphatic rings. The molecule has 0 atom stereocenters. The van der Waals surface area contributed by atoms with Gasteiger partial charge in [-0.2, -0.15) is 13.2 Å². The lowest BCUT2D eigenvalue weighted by atomic mass is 10.2. The number of amides is 2. The van der Waals surface area contributed by atoms with Crippen LogP contribution in [0.15, 0.2) is 44.9 Å². The largest absolute Gasteiger partial charge is 0.416 e. The van der Waals surface area contributed by atoms with E-state index in [2.05, 4.69) is 38.5 Å². The summed E-state index contributed by atoms with van der Waals surface area (Å²) >= 11 is 5.41. The van der Waals surface area contributed by atoms with Crippen LogP contribution in [0, 0.1) is 0 Å². The minimum absolute atomic E-state index is 0.00219. The van der Waals surface area contributed by atoms with Gasteiger partial charge in [-0.05, 0) is 71.6 Å². The standard InChI is InChI=1S/C20H24BrF3N4O2S2/c1-4-6-7-25-14-11-17(21)27-18(12-14)32-16-9-13(20(22,23)24)8-15(10-16)26-19(29)28(31-3)30-5-2/h8-12H,4-7H2,1-3H3,(H,25,27)(H,26,29). The van der Waals surface area contributed by atoms with Gasteiger partial charge in [0.25, 0.3) is 0 Å². The number of alkyl halides is 3. The molecule has 2 rings (SSSR count). The van der Waals surface area contributed by atoms with Gasteiger partial charge in [0.05, 0.1) is 12.2 Å². The Kier molecular flexibility index (Phi) is 10.5.